The molecule has 3 rings (SSSR count). The average Bonchev–Trinajstić information content (AvgIpc) is 2.89. The third kappa shape index (κ3) is 9.39. The number of hydrogen-bond donors (Lipinski definition) is 2. The largest absolute Gasteiger partial charge is 0.457 e. The second-order valence-electron chi connectivity index (χ2n) is 10.1. The molecule has 0 aliphatic heterocycles. The molecule has 7 heteroatoms. The zero-order valence-electron chi connectivity index (χ0n) is 22.5. The zero-order chi connectivity index (χ0) is 27.5. The van der Waals surface area contributed by atoms with Crippen molar-refractivity contribution in [3.05, 3.63) is 83.9 Å². The normalized spacial score (nSPS) is 10.9. The second-order valence-corrected chi connectivity index (χ2v) is 10.1. The van der Waals surface area contributed by atoms with E-state index >= 15 is 0 Å². The Morgan fingerprint density at radius 1 is 0.711 bits per heavy atom. The summed E-state index contributed by atoms with van der Waals surface area (Å²) < 4.78 is 10.9. The number of hydrogen-bond acceptors (Lipinski definition) is 5. The summed E-state index contributed by atoms with van der Waals surface area (Å²) in [6.07, 6.45) is 1.44. The molecule has 0 aromatic heterocycles. The maximum atomic E-state index is 12.2. The molecule has 3 aromatic carbocycles. The van der Waals surface area contributed by atoms with Crippen LogP contribution in [0.5, 0.6) is 11.5 Å². The number of benzene rings is 3. The van der Waals surface area contributed by atoms with Gasteiger partial charge in [0.15, 0.2) is 6.61 Å². The van der Waals surface area contributed by atoms with Crippen molar-refractivity contribution in [2.75, 3.05) is 17.2 Å². The molecule has 0 saturated carbocycles. The van der Waals surface area contributed by atoms with Crippen LogP contribution in [-0.2, 0) is 31.0 Å². The molecule has 200 valence electrons. The van der Waals surface area contributed by atoms with Gasteiger partial charge >= 0.3 is 5.97 Å². The molecule has 2 N–H and O–H groups in total. The van der Waals surface area contributed by atoms with Gasteiger partial charge < -0.3 is 20.1 Å². The predicted molar refractivity (Wildman–Crippen MR) is 150 cm³/mol. The number of amides is 2. The average molecular weight is 517 g/mol. The van der Waals surface area contributed by atoms with Gasteiger partial charge in [-0.2, -0.15) is 0 Å². The summed E-state index contributed by atoms with van der Waals surface area (Å²) in [5.74, 6) is 0.263. The number of carbonyl (C=O) groups is 3. The van der Waals surface area contributed by atoms with E-state index in [1.54, 1.807) is 24.3 Å². The van der Waals surface area contributed by atoms with E-state index in [1.165, 1.54) is 11.1 Å². The van der Waals surface area contributed by atoms with Crippen LogP contribution in [0.2, 0.25) is 0 Å². The van der Waals surface area contributed by atoms with Crippen molar-refractivity contribution in [2.45, 2.75) is 58.8 Å². The molecule has 0 bridgehead atoms. The highest BCUT2D eigenvalue weighted by Gasteiger charge is 2.13. The van der Waals surface area contributed by atoms with Crippen molar-refractivity contribution >= 4 is 29.2 Å². The maximum Gasteiger partial charge on any atom is 0.306 e. The summed E-state index contributed by atoms with van der Waals surface area (Å²) in [4.78, 5) is 36.1. The molecule has 0 heterocycles. The first kappa shape index (κ1) is 28.4. The molecular formula is C31H36N2O5. The molecule has 7 nitrogen and oxygen atoms in total. The Morgan fingerprint density at radius 2 is 1.24 bits per heavy atom. The third-order valence-electron chi connectivity index (χ3n) is 5.89. The Hall–Kier alpha value is -4.13. The first-order valence-electron chi connectivity index (χ1n) is 12.8. The highest BCUT2D eigenvalue weighted by atomic mass is 16.5. The van der Waals surface area contributed by atoms with Crippen LogP contribution >= 0.6 is 0 Å². The smallest absolute Gasteiger partial charge is 0.306 e. The van der Waals surface area contributed by atoms with E-state index in [9.17, 15) is 14.4 Å². The molecular weight excluding hydrogens is 480 g/mol. The summed E-state index contributed by atoms with van der Waals surface area (Å²) in [7, 11) is 0. The molecule has 0 atom stereocenters. The molecule has 38 heavy (non-hydrogen) atoms. The first-order valence-corrected chi connectivity index (χ1v) is 12.8. The molecule has 0 aliphatic rings. The summed E-state index contributed by atoms with van der Waals surface area (Å²) in [5, 5.41) is 5.49. The highest BCUT2D eigenvalue weighted by molar-refractivity contribution is 5.93. The van der Waals surface area contributed by atoms with Gasteiger partial charge in [0, 0.05) is 24.2 Å². The molecule has 2 amide bonds. The summed E-state index contributed by atoms with van der Waals surface area (Å²) in [6, 6.07) is 22.6. The maximum absolute atomic E-state index is 12.2. The molecule has 0 aliphatic carbocycles. The lowest BCUT2D eigenvalue weighted by atomic mass is 9.87. The quantitative estimate of drug-likeness (QED) is 0.279. The van der Waals surface area contributed by atoms with Gasteiger partial charge in [0.05, 0.1) is 0 Å². The number of ether oxygens (including phenoxy) is 2. The minimum Gasteiger partial charge on any atom is -0.457 e. The SMILES string of the molecule is CCc1ccc(NC(=O)COC(=O)CCCC(=O)Nc2ccc(Oc3ccc(C(C)(C)C)cc3)cc2)cc1. The molecule has 0 saturated heterocycles. The Morgan fingerprint density at radius 3 is 1.79 bits per heavy atom. The summed E-state index contributed by atoms with van der Waals surface area (Å²) >= 11 is 0. The van der Waals surface area contributed by atoms with Gasteiger partial charge in [-0.25, -0.2) is 0 Å². The summed E-state index contributed by atoms with van der Waals surface area (Å²) in [6.45, 7) is 8.18. The lowest BCUT2D eigenvalue weighted by Crippen LogP contribution is -2.21. The van der Waals surface area contributed by atoms with Crippen molar-refractivity contribution in [2.24, 2.45) is 0 Å². The Bertz CT molecular complexity index is 1210. The number of aryl methyl sites for hydroxylation is 1. The van der Waals surface area contributed by atoms with Crippen molar-refractivity contribution in [3.8, 4) is 11.5 Å². The van der Waals surface area contributed by atoms with Gasteiger partial charge in [-0.3, -0.25) is 14.4 Å². The predicted octanol–water partition coefficient (Wildman–Crippen LogP) is 6.63. The number of carbonyl (C=O) groups excluding carboxylic acids is 3. The molecule has 0 radical (unpaired) electrons. The zero-order valence-corrected chi connectivity index (χ0v) is 22.5. The Balaban J connectivity index is 1.33. The van der Waals surface area contributed by atoms with Gasteiger partial charge in [0.25, 0.3) is 5.91 Å². The third-order valence-corrected chi connectivity index (χ3v) is 5.89. The van der Waals surface area contributed by atoms with E-state index in [4.69, 9.17) is 9.47 Å². The van der Waals surface area contributed by atoms with E-state index in [0.717, 1.165) is 12.2 Å². The highest BCUT2D eigenvalue weighted by Crippen LogP contribution is 2.27. The number of anilines is 2. The van der Waals surface area contributed by atoms with Crippen molar-refractivity contribution < 1.29 is 23.9 Å². The fourth-order valence-corrected chi connectivity index (χ4v) is 3.62. The monoisotopic (exact) mass is 516 g/mol. The van der Waals surface area contributed by atoms with Crippen LogP contribution in [0.1, 0.15) is 58.1 Å². The van der Waals surface area contributed by atoms with E-state index in [-0.39, 0.29) is 30.8 Å². The van der Waals surface area contributed by atoms with Crippen LogP contribution in [-0.4, -0.2) is 24.4 Å². The molecule has 0 unspecified atom stereocenters. The van der Waals surface area contributed by atoms with E-state index in [1.807, 2.05) is 36.4 Å². The van der Waals surface area contributed by atoms with Crippen molar-refractivity contribution in [3.63, 3.8) is 0 Å². The van der Waals surface area contributed by atoms with Crippen molar-refractivity contribution in [1.82, 2.24) is 0 Å². The van der Waals surface area contributed by atoms with E-state index < -0.39 is 11.9 Å². The van der Waals surface area contributed by atoms with Crippen LogP contribution in [0.4, 0.5) is 11.4 Å². The topological polar surface area (TPSA) is 93.7 Å². The minimum absolute atomic E-state index is 0.0483. The number of nitrogens with one attached hydrogen (secondary N) is 2. The van der Waals surface area contributed by atoms with Crippen LogP contribution < -0.4 is 15.4 Å². The Kier molecular flexibility index (Phi) is 10.0. The fourth-order valence-electron chi connectivity index (χ4n) is 3.62. The lowest BCUT2D eigenvalue weighted by molar-refractivity contribution is -0.147. The standard InChI is InChI=1S/C31H36N2O5/c1-5-22-9-13-24(14-10-22)33-29(35)21-37-30(36)8-6-7-28(34)32-25-15-19-27(20-16-25)38-26-17-11-23(12-18-26)31(2,3)4/h9-20H,5-8,21H2,1-4H3,(H,32,34)(H,33,35). The fraction of sp³-hybridized carbons (Fsp3) is 0.323. The second kappa shape index (κ2) is 13.4. The number of esters is 1. The summed E-state index contributed by atoms with van der Waals surface area (Å²) in [5.41, 5.74) is 3.76. The van der Waals surface area contributed by atoms with Crippen molar-refractivity contribution in [1.29, 1.82) is 0 Å². The van der Waals surface area contributed by atoms with Gasteiger partial charge in [-0.1, -0.05) is 52.0 Å². The molecule has 0 fully saturated rings. The lowest BCUT2D eigenvalue weighted by Gasteiger charge is -2.19. The first-order chi connectivity index (χ1) is 18.1. The Labute approximate surface area is 224 Å². The van der Waals surface area contributed by atoms with E-state index in [0.29, 0.717) is 23.5 Å². The van der Waals surface area contributed by atoms with Gasteiger partial charge in [-0.15, -0.1) is 0 Å². The number of rotatable bonds is 11. The van der Waals surface area contributed by atoms with Crippen LogP contribution in [0.15, 0.2) is 72.8 Å². The van der Waals surface area contributed by atoms with Gasteiger partial charge in [-0.05, 0) is 77.9 Å². The molecule has 0 spiro atoms. The minimum atomic E-state index is -0.522. The van der Waals surface area contributed by atoms with Crippen LogP contribution in [0, 0.1) is 0 Å². The van der Waals surface area contributed by atoms with E-state index in [2.05, 4.69) is 50.5 Å². The van der Waals surface area contributed by atoms with Crippen LogP contribution in [0.25, 0.3) is 0 Å². The van der Waals surface area contributed by atoms with Gasteiger partial charge in [0.1, 0.15) is 11.5 Å². The van der Waals surface area contributed by atoms with Gasteiger partial charge in [0.2, 0.25) is 5.91 Å². The molecule has 3 aromatic rings. The van der Waals surface area contributed by atoms with Crippen LogP contribution in [0.3, 0.4) is 0 Å².